The number of aryl methyl sites for hydroxylation is 1. The maximum absolute atomic E-state index is 11.5. The van der Waals surface area contributed by atoms with Gasteiger partial charge in [0.1, 0.15) is 11.8 Å². The summed E-state index contributed by atoms with van der Waals surface area (Å²) in [6, 6.07) is 0.873. The molecule has 0 spiro atoms. The monoisotopic (exact) mass is 291 g/mol. The summed E-state index contributed by atoms with van der Waals surface area (Å²) in [5.74, 6) is -0.401. The Bertz CT molecular complexity index is 422. The molecule has 108 valence electrons. The summed E-state index contributed by atoms with van der Waals surface area (Å²) in [5.41, 5.74) is 0. The Morgan fingerprint density at radius 3 is 2.68 bits per heavy atom. The zero-order valence-electron chi connectivity index (χ0n) is 10.8. The zero-order valence-corrected chi connectivity index (χ0v) is 11.6. The highest BCUT2D eigenvalue weighted by Gasteiger charge is 2.17. The van der Waals surface area contributed by atoms with Gasteiger partial charge >= 0.3 is 5.97 Å². The molecule has 0 aliphatic heterocycles. The standard InChI is InChI=1S/C11H17N3O4.ClH/c1-3-4-8(11(16)17)12-6-10(15)13-9-5-7(2)18-14-9;/h5,8,12H,3-4,6H2,1-2H3,(H,16,17)(H,13,14,15);1H. The van der Waals surface area contributed by atoms with Crippen LogP contribution in [0.5, 0.6) is 0 Å². The van der Waals surface area contributed by atoms with Crippen LogP contribution in [-0.2, 0) is 9.59 Å². The van der Waals surface area contributed by atoms with E-state index in [2.05, 4.69) is 15.8 Å². The first kappa shape index (κ1) is 17.4. The molecular formula is C11H18ClN3O4. The molecule has 0 bridgehead atoms. The van der Waals surface area contributed by atoms with Crippen LogP contribution in [0.15, 0.2) is 10.6 Å². The van der Waals surface area contributed by atoms with Crippen LogP contribution in [0.3, 0.4) is 0 Å². The Hall–Kier alpha value is -1.60. The van der Waals surface area contributed by atoms with Crippen LogP contribution in [0.25, 0.3) is 0 Å². The molecule has 3 N–H and O–H groups in total. The van der Waals surface area contributed by atoms with Crippen LogP contribution in [0.4, 0.5) is 5.82 Å². The lowest BCUT2D eigenvalue weighted by atomic mass is 10.2. The average Bonchev–Trinajstić information content (AvgIpc) is 2.69. The van der Waals surface area contributed by atoms with E-state index in [-0.39, 0.29) is 24.9 Å². The third-order valence-electron chi connectivity index (χ3n) is 2.28. The van der Waals surface area contributed by atoms with E-state index in [0.29, 0.717) is 18.0 Å². The van der Waals surface area contributed by atoms with Crippen LogP contribution < -0.4 is 10.6 Å². The Morgan fingerprint density at radius 1 is 1.53 bits per heavy atom. The maximum atomic E-state index is 11.5. The van der Waals surface area contributed by atoms with Crippen LogP contribution in [0, 0.1) is 6.92 Å². The van der Waals surface area contributed by atoms with E-state index in [1.54, 1.807) is 13.0 Å². The van der Waals surface area contributed by atoms with Gasteiger partial charge in [0.05, 0.1) is 6.54 Å². The van der Waals surface area contributed by atoms with Crippen LogP contribution >= 0.6 is 12.4 Å². The van der Waals surface area contributed by atoms with Gasteiger partial charge in [-0.15, -0.1) is 12.4 Å². The molecule has 19 heavy (non-hydrogen) atoms. The molecule has 0 radical (unpaired) electrons. The van der Waals surface area contributed by atoms with Crippen molar-refractivity contribution in [2.75, 3.05) is 11.9 Å². The second-order valence-electron chi connectivity index (χ2n) is 3.93. The molecule has 0 aromatic carbocycles. The lowest BCUT2D eigenvalue weighted by Crippen LogP contribution is -2.41. The fourth-order valence-electron chi connectivity index (χ4n) is 1.43. The number of anilines is 1. The molecule has 0 aliphatic rings. The van der Waals surface area contributed by atoms with Gasteiger partial charge in [-0.3, -0.25) is 14.9 Å². The molecule has 8 heteroatoms. The Labute approximate surface area is 117 Å². The summed E-state index contributed by atoms with van der Waals surface area (Å²) < 4.78 is 4.79. The van der Waals surface area contributed by atoms with E-state index in [0.717, 1.165) is 6.42 Å². The van der Waals surface area contributed by atoms with Gasteiger partial charge in [0.25, 0.3) is 0 Å². The summed E-state index contributed by atoms with van der Waals surface area (Å²) in [4.78, 5) is 22.3. The lowest BCUT2D eigenvalue weighted by molar-refractivity contribution is -0.139. The molecule has 1 heterocycles. The lowest BCUT2D eigenvalue weighted by Gasteiger charge is -2.12. The third-order valence-corrected chi connectivity index (χ3v) is 2.28. The fourth-order valence-corrected chi connectivity index (χ4v) is 1.43. The zero-order chi connectivity index (χ0) is 13.5. The SMILES string of the molecule is CCCC(NCC(=O)Nc1cc(C)on1)C(=O)O.Cl. The summed E-state index contributed by atoms with van der Waals surface area (Å²) in [6.45, 7) is 3.52. The first-order valence-electron chi connectivity index (χ1n) is 5.72. The smallest absolute Gasteiger partial charge is 0.320 e. The normalized spacial score (nSPS) is 11.5. The number of nitrogens with zero attached hydrogens (tertiary/aromatic N) is 1. The van der Waals surface area contributed by atoms with Gasteiger partial charge in [-0.25, -0.2) is 0 Å². The molecule has 7 nitrogen and oxygen atoms in total. The first-order valence-corrected chi connectivity index (χ1v) is 5.72. The molecule has 1 rings (SSSR count). The van der Waals surface area contributed by atoms with Crippen molar-refractivity contribution < 1.29 is 19.2 Å². The van der Waals surface area contributed by atoms with Crippen molar-refractivity contribution in [3.63, 3.8) is 0 Å². The van der Waals surface area contributed by atoms with Crippen molar-refractivity contribution in [3.8, 4) is 0 Å². The topological polar surface area (TPSA) is 104 Å². The second-order valence-corrected chi connectivity index (χ2v) is 3.93. The molecule has 1 aromatic heterocycles. The number of carboxylic acid groups (broad SMARTS) is 1. The fraction of sp³-hybridized carbons (Fsp3) is 0.545. The average molecular weight is 292 g/mol. The first-order chi connectivity index (χ1) is 8.52. The highest BCUT2D eigenvalue weighted by molar-refractivity contribution is 5.91. The van der Waals surface area contributed by atoms with E-state index >= 15 is 0 Å². The number of amides is 1. The summed E-state index contributed by atoms with van der Waals surface area (Å²) in [7, 11) is 0. The molecule has 1 unspecified atom stereocenters. The van der Waals surface area contributed by atoms with Crippen LogP contribution in [-0.4, -0.2) is 34.7 Å². The van der Waals surface area contributed by atoms with Crippen molar-refractivity contribution >= 4 is 30.1 Å². The number of nitrogens with one attached hydrogen (secondary N) is 2. The Kier molecular flexibility index (Phi) is 7.78. The quantitative estimate of drug-likeness (QED) is 0.697. The molecule has 1 aromatic rings. The van der Waals surface area contributed by atoms with Gasteiger partial charge in [-0.2, -0.15) is 0 Å². The van der Waals surface area contributed by atoms with Gasteiger partial charge in [0.15, 0.2) is 5.82 Å². The van der Waals surface area contributed by atoms with Gasteiger partial charge in [-0.05, 0) is 13.3 Å². The van der Waals surface area contributed by atoms with Gasteiger partial charge in [0.2, 0.25) is 5.91 Å². The van der Waals surface area contributed by atoms with Gasteiger partial charge in [0, 0.05) is 6.07 Å². The van der Waals surface area contributed by atoms with Crippen LogP contribution in [0.2, 0.25) is 0 Å². The summed E-state index contributed by atoms with van der Waals surface area (Å²) in [5, 5.41) is 17.7. The maximum Gasteiger partial charge on any atom is 0.320 e. The second kappa shape index (κ2) is 8.49. The Morgan fingerprint density at radius 2 is 2.21 bits per heavy atom. The number of carbonyl (C=O) groups is 2. The van der Waals surface area contributed by atoms with Crippen LogP contribution in [0.1, 0.15) is 25.5 Å². The molecule has 0 aliphatic carbocycles. The highest BCUT2D eigenvalue weighted by atomic mass is 35.5. The number of rotatable bonds is 7. The largest absolute Gasteiger partial charge is 0.480 e. The molecule has 1 atom stereocenters. The molecule has 0 fully saturated rings. The van der Waals surface area contributed by atoms with Crippen molar-refractivity contribution in [2.24, 2.45) is 0 Å². The van der Waals surface area contributed by atoms with E-state index in [1.807, 2.05) is 6.92 Å². The van der Waals surface area contributed by atoms with E-state index in [4.69, 9.17) is 9.63 Å². The van der Waals surface area contributed by atoms with Crippen molar-refractivity contribution in [3.05, 3.63) is 11.8 Å². The van der Waals surface area contributed by atoms with E-state index < -0.39 is 12.0 Å². The van der Waals surface area contributed by atoms with Crippen molar-refractivity contribution in [2.45, 2.75) is 32.7 Å². The van der Waals surface area contributed by atoms with E-state index in [9.17, 15) is 9.59 Å². The third kappa shape index (κ3) is 6.21. The number of carboxylic acids is 1. The van der Waals surface area contributed by atoms with Crippen molar-refractivity contribution in [1.29, 1.82) is 0 Å². The molecular weight excluding hydrogens is 274 g/mol. The number of carbonyl (C=O) groups excluding carboxylic acids is 1. The number of hydrogen-bond donors (Lipinski definition) is 3. The minimum Gasteiger partial charge on any atom is -0.480 e. The van der Waals surface area contributed by atoms with E-state index in [1.165, 1.54) is 0 Å². The summed E-state index contributed by atoms with van der Waals surface area (Å²) in [6.07, 6.45) is 1.21. The number of aliphatic carboxylic acids is 1. The molecule has 1 amide bonds. The highest BCUT2D eigenvalue weighted by Crippen LogP contribution is 2.06. The van der Waals surface area contributed by atoms with Gasteiger partial charge in [-0.1, -0.05) is 18.5 Å². The number of halogens is 1. The molecule has 0 saturated carbocycles. The predicted molar refractivity (Wildman–Crippen MR) is 71.5 cm³/mol. The number of hydrogen-bond acceptors (Lipinski definition) is 5. The summed E-state index contributed by atoms with van der Waals surface area (Å²) >= 11 is 0. The van der Waals surface area contributed by atoms with Gasteiger partial charge < -0.3 is 14.9 Å². The minimum absolute atomic E-state index is 0. The minimum atomic E-state index is -0.957. The van der Waals surface area contributed by atoms with Crippen molar-refractivity contribution in [1.82, 2.24) is 10.5 Å². The number of aromatic nitrogens is 1. The predicted octanol–water partition coefficient (Wildman–Crippen LogP) is 1.19. The molecule has 0 saturated heterocycles. The Balaban J connectivity index is 0.00000324.